The molecule has 1 saturated heterocycles. The number of benzene rings is 1. The molecule has 1 aliphatic heterocycles. The maximum atomic E-state index is 13.7. The van der Waals surface area contributed by atoms with E-state index >= 15 is 0 Å². The van der Waals surface area contributed by atoms with Crippen LogP contribution >= 0.6 is 11.6 Å². The van der Waals surface area contributed by atoms with Crippen molar-refractivity contribution in [2.45, 2.75) is 24.5 Å². The summed E-state index contributed by atoms with van der Waals surface area (Å²) in [4.78, 5) is 11.4. The second kappa shape index (κ2) is 5.14. The highest BCUT2D eigenvalue weighted by Crippen LogP contribution is 2.35. The zero-order chi connectivity index (χ0) is 15.1. The maximum absolute atomic E-state index is 13.7. The van der Waals surface area contributed by atoms with Crippen LogP contribution in [0.5, 0.6) is 0 Å². The Morgan fingerprint density at radius 2 is 2.15 bits per heavy atom. The molecule has 2 atom stereocenters. The molecule has 2 rings (SSSR count). The molecule has 0 radical (unpaired) electrons. The standard InChI is InChI=1S/C12H11ClF3NO3/c13-7-3-1-2-6(9(7)14)4-8-10(18)12(15,16)5-17(8)11(19)20/h1-3,8,10,18H,4-5H2,(H,19,20). The van der Waals surface area contributed by atoms with Gasteiger partial charge in [-0.15, -0.1) is 0 Å². The van der Waals surface area contributed by atoms with Gasteiger partial charge in [-0.3, -0.25) is 4.90 Å². The van der Waals surface area contributed by atoms with Crippen LogP contribution in [0.1, 0.15) is 5.56 Å². The van der Waals surface area contributed by atoms with Gasteiger partial charge in [-0.1, -0.05) is 23.7 Å². The van der Waals surface area contributed by atoms with Crippen LogP contribution in [0, 0.1) is 5.82 Å². The number of nitrogens with zero attached hydrogens (tertiary/aromatic N) is 1. The van der Waals surface area contributed by atoms with Gasteiger partial charge in [-0.2, -0.15) is 0 Å². The summed E-state index contributed by atoms with van der Waals surface area (Å²) in [5.41, 5.74) is -0.0227. The summed E-state index contributed by atoms with van der Waals surface area (Å²) in [5.74, 6) is -4.36. The molecule has 2 unspecified atom stereocenters. The minimum absolute atomic E-state index is 0.0227. The third kappa shape index (κ3) is 2.55. The monoisotopic (exact) mass is 309 g/mol. The van der Waals surface area contributed by atoms with Gasteiger partial charge in [0.25, 0.3) is 5.92 Å². The molecule has 1 aliphatic rings. The predicted octanol–water partition coefficient (Wildman–Crippen LogP) is 2.38. The first-order valence-electron chi connectivity index (χ1n) is 5.72. The van der Waals surface area contributed by atoms with E-state index in [1.807, 2.05) is 0 Å². The first kappa shape index (κ1) is 14.9. The molecule has 1 fully saturated rings. The number of amides is 1. The van der Waals surface area contributed by atoms with Crippen molar-refractivity contribution < 1.29 is 28.2 Å². The maximum Gasteiger partial charge on any atom is 0.407 e. The van der Waals surface area contributed by atoms with Crippen molar-refractivity contribution in [1.29, 1.82) is 0 Å². The number of carboxylic acid groups (broad SMARTS) is 1. The first-order chi connectivity index (χ1) is 9.24. The number of hydrogen-bond acceptors (Lipinski definition) is 2. The van der Waals surface area contributed by atoms with Crippen molar-refractivity contribution in [3.8, 4) is 0 Å². The molecule has 1 amide bonds. The van der Waals surface area contributed by atoms with Gasteiger partial charge >= 0.3 is 6.09 Å². The Bertz CT molecular complexity index is 541. The summed E-state index contributed by atoms with van der Waals surface area (Å²) >= 11 is 5.58. The van der Waals surface area contributed by atoms with Crippen LogP contribution in [0.25, 0.3) is 0 Å². The van der Waals surface area contributed by atoms with E-state index in [1.54, 1.807) is 0 Å². The number of alkyl halides is 2. The Hall–Kier alpha value is -1.47. The minimum Gasteiger partial charge on any atom is -0.465 e. The largest absolute Gasteiger partial charge is 0.465 e. The molecule has 20 heavy (non-hydrogen) atoms. The highest BCUT2D eigenvalue weighted by atomic mass is 35.5. The summed E-state index contributed by atoms with van der Waals surface area (Å²) in [6.07, 6.45) is -4.15. The fraction of sp³-hybridized carbons (Fsp3) is 0.417. The predicted molar refractivity (Wildman–Crippen MR) is 64.6 cm³/mol. The lowest BCUT2D eigenvalue weighted by Crippen LogP contribution is -2.41. The van der Waals surface area contributed by atoms with Crippen LogP contribution in [-0.4, -0.2) is 45.8 Å². The quantitative estimate of drug-likeness (QED) is 0.882. The van der Waals surface area contributed by atoms with Gasteiger partial charge < -0.3 is 10.2 Å². The highest BCUT2D eigenvalue weighted by molar-refractivity contribution is 6.30. The van der Waals surface area contributed by atoms with Gasteiger partial charge in [-0.25, -0.2) is 18.0 Å². The second-order valence-corrected chi connectivity index (χ2v) is 5.01. The number of rotatable bonds is 2. The van der Waals surface area contributed by atoms with E-state index in [-0.39, 0.29) is 17.0 Å². The molecule has 110 valence electrons. The Morgan fingerprint density at radius 3 is 2.75 bits per heavy atom. The number of hydrogen-bond donors (Lipinski definition) is 2. The van der Waals surface area contributed by atoms with Gasteiger partial charge in [0.05, 0.1) is 17.6 Å². The molecule has 0 aromatic heterocycles. The highest BCUT2D eigenvalue weighted by Gasteiger charge is 2.55. The molecule has 0 saturated carbocycles. The summed E-state index contributed by atoms with van der Waals surface area (Å²) in [5, 5.41) is 18.3. The van der Waals surface area contributed by atoms with E-state index in [4.69, 9.17) is 16.7 Å². The number of aliphatic hydroxyl groups is 1. The first-order valence-corrected chi connectivity index (χ1v) is 6.10. The van der Waals surface area contributed by atoms with Crippen LogP contribution in [0.15, 0.2) is 18.2 Å². The van der Waals surface area contributed by atoms with Crippen molar-refractivity contribution in [2.75, 3.05) is 6.54 Å². The Morgan fingerprint density at radius 1 is 1.50 bits per heavy atom. The molecule has 2 N–H and O–H groups in total. The van der Waals surface area contributed by atoms with E-state index < -0.39 is 36.5 Å². The number of likely N-dealkylation sites (tertiary alicyclic amines) is 1. The fourth-order valence-corrected chi connectivity index (χ4v) is 2.45. The van der Waals surface area contributed by atoms with Crippen LogP contribution in [0.2, 0.25) is 5.02 Å². The summed E-state index contributed by atoms with van der Waals surface area (Å²) < 4.78 is 40.5. The molecule has 4 nitrogen and oxygen atoms in total. The van der Waals surface area contributed by atoms with E-state index in [9.17, 15) is 23.1 Å². The second-order valence-electron chi connectivity index (χ2n) is 4.60. The van der Waals surface area contributed by atoms with Crippen molar-refractivity contribution in [1.82, 2.24) is 4.90 Å². The average Bonchev–Trinajstić information content (AvgIpc) is 2.59. The Labute approximate surface area is 117 Å². The zero-order valence-electron chi connectivity index (χ0n) is 10.1. The van der Waals surface area contributed by atoms with Crippen molar-refractivity contribution in [2.24, 2.45) is 0 Å². The van der Waals surface area contributed by atoms with E-state index in [0.717, 1.165) is 0 Å². The van der Waals surface area contributed by atoms with E-state index in [2.05, 4.69) is 0 Å². The molecule has 0 aliphatic carbocycles. The van der Waals surface area contributed by atoms with Gasteiger partial charge in [-0.05, 0) is 18.1 Å². The minimum atomic E-state index is -3.56. The molecule has 1 aromatic carbocycles. The van der Waals surface area contributed by atoms with E-state index in [0.29, 0.717) is 4.90 Å². The molecular weight excluding hydrogens is 299 g/mol. The summed E-state index contributed by atoms with van der Waals surface area (Å²) in [6.45, 7) is -1.11. The zero-order valence-corrected chi connectivity index (χ0v) is 10.8. The molecule has 1 heterocycles. The van der Waals surface area contributed by atoms with Crippen LogP contribution in [0.4, 0.5) is 18.0 Å². The number of carbonyl (C=O) groups is 1. The summed E-state index contributed by atoms with van der Waals surface area (Å²) in [7, 11) is 0. The fourth-order valence-electron chi connectivity index (χ4n) is 2.25. The lowest BCUT2D eigenvalue weighted by atomic mass is 10.0. The normalized spacial score (nSPS) is 24.9. The summed E-state index contributed by atoms with van der Waals surface area (Å²) in [6, 6.07) is 2.60. The smallest absolute Gasteiger partial charge is 0.407 e. The van der Waals surface area contributed by atoms with Crippen molar-refractivity contribution >= 4 is 17.7 Å². The third-order valence-electron chi connectivity index (χ3n) is 3.28. The lowest BCUT2D eigenvalue weighted by Gasteiger charge is -2.23. The average molecular weight is 310 g/mol. The van der Waals surface area contributed by atoms with Crippen LogP contribution < -0.4 is 0 Å². The van der Waals surface area contributed by atoms with Gasteiger partial charge in [0, 0.05) is 0 Å². The SMILES string of the molecule is O=C(O)N1CC(F)(F)C(O)C1Cc1cccc(Cl)c1F. The van der Waals surface area contributed by atoms with Gasteiger partial charge in [0.2, 0.25) is 0 Å². The molecule has 1 aromatic rings. The van der Waals surface area contributed by atoms with Crippen LogP contribution in [-0.2, 0) is 6.42 Å². The molecule has 0 spiro atoms. The number of halogens is 4. The molecule has 8 heteroatoms. The molecular formula is C12H11ClF3NO3. The molecule has 0 bridgehead atoms. The topological polar surface area (TPSA) is 60.8 Å². The van der Waals surface area contributed by atoms with Crippen molar-refractivity contribution in [3.05, 3.63) is 34.6 Å². The van der Waals surface area contributed by atoms with Gasteiger partial charge in [0.1, 0.15) is 11.9 Å². The van der Waals surface area contributed by atoms with Gasteiger partial charge in [0.15, 0.2) is 0 Å². The number of aliphatic hydroxyl groups excluding tert-OH is 1. The van der Waals surface area contributed by atoms with Crippen LogP contribution in [0.3, 0.4) is 0 Å². The van der Waals surface area contributed by atoms with E-state index in [1.165, 1.54) is 18.2 Å². The Balaban J connectivity index is 2.30. The Kier molecular flexibility index (Phi) is 3.84. The van der Waals surface area contributed by atoms with Crippen molar-refractivity contribution in [3.63, 3.8) is 0 Å². The third-order valence-corrected chi connectivity index (χ3v) is 3.58. The lowest BCUT2D eigenvalue weighted by molar-refractivity contribution is -0.0806.